The Bertz CT molecular complexity index is 1130. The van der Waals surface area contributed by atoms with Gasteiger partial charge in [0, 0.05) is 16.7 Å². The molecular formula is C23H24FN3O3S. The summed E-state index contributed by atoms with van der Waals surface area (Å²) in [5, 5.41) is 6.93. The molecule has 1 aliphatic carbocycles. The van der Waals surface area contributed by atoms with E-state index in [1.54, 1.807) is 33.5 Å². The number of ether oxygens (including phenoxy) is 3. The Labute approximate surface area is 184 Å². The molecule has 0 atom stereocenters. The topological polar surface area (TPSA) is 57.3 Å². The molecule has 0 spiro atoms. The highest BCUT2D eigenvalue weighted by Gasteiger charge is 2.18. The van der Waals surface area contributed by atoms with Crippen molar-refractivity contribution in [1.82, 2.24) is 4.68 Å². The van der Waals surface area contributed by atoms with Gasteiger partial charge in [-0.15, -0.1) is 11.3 Å². The summed E-state index contributed by atoms with van der Waals surface area (Å²) in [5.41, 5.74) is 3.55. The van der Waals surface area contributed by atoms with Crippen molar-refractivity contribution < 1.29 is 18.6 Å². The molecule has 2 aromatic carbocycles. The predicted molar refractivity (Wildman–Crippen MR) is 120 cm³/mol. The van der Waals surface area contributed by atoms with E-state index in [1.165, 1.54) is 23.5 Å². The number of hydrogen-bond acceptors (Lipinski definition) is 6. The Hall–Kier alpha value is -3.13. The Morgan fingerprint density at radius 1 is 0.935 bits per heavy atom. The number of methoxy groups -OCH3 is 3. The molecule has 1 saturated carbocycles. The van der Waals surface area contributed by atoms with E-state index < -0.39 is 0 Å². The minimum absolute atomic E-state index is 0.290. The van der Waals surface area contributed by atoms with E-state index in [0.29, 0.717) is 27.7 Å². The van der Waals surface area contributed by atoms with E-state index in [2.05, 4.69) is 0 Å². The van der Waals surface area contributed by atoms with Gasteiger partial charge in [0.05, 0.1) is 32.7 Å². The number of hydrogen-bond donors (Lipinski definition) is 0. The third-order valence-electron chi connectivity index (χ3n) is 5.12. The van der Waals surface area contributed by atoms with E-state index in [0.717, 1.165) is 42.7 Å². The summed E-state index contributed by atoms with van der Waals surface area (Å²) in [6.07, 6.45) is 4.25. The summed E-state index contributed by atoms with van der Waals surface area (Å²) in [7, 11) is 4.77. The summed E-state index contributed by atoms with van der Waals surface area (Å²) >= 11 is 1.47. The van der Waals surface area contributed by atoms with E-state index in [4.69, 9.17) is 24.3 Å². The standard InChI is InChI=1S/C23H24FN3O3S/c1-28-20-12-15(13-21(29-2)22(20)30-3)19-14-31-23(25-17-10-8-16(24)9-11-17)27(19)26-18-6-4-5-7-18/h8-14H,4-7H2,1-3H3. The summed E-state index contributed by atoms with van der Waals surface area (Å²) in [6.45, 7) is 0. The second-order valence-corrected chi connectivity index (χ2v) is 7.93. The summed E-state index contributed by atoms with van der Waals surface area (Å²) in [5.74, 6) is 1.39. The first-order chi connectivity index (χ1) is 15.1. The smallest absolute Gasteiger partial charge is 0.211 e. The molecule has 1 aliphatic rings. The third kappa shape index (κ3) is 4.49. The van der Waals surface area contributed by atoms with Crippen molar-refractivity contribution in [2.24, 2.45) is 10.1 Å². The van der Waals surface area contributed by atoms with Crippen molar-refractivity contribution in [3.05, 3.63) is 52.4 Å². The van der Waals surface area contributed by atoms with E-state index in [-0.39, 0.29) is 5.82 Å². The van der Waals surface area contributed by atoms with Gasteiger partial charge in [-0.3, -0.25) is 0 Å². The first-order valence-corrected chi connectivity index (χ1v) is 10.9. The van der Waals surface area contributed by atoms with Crippen LogP contribution >= 0.6 is 11.3 Å². The highest BCUT2D eigenvalue weighted by Crippen LogP contribution is 2.41. The Morgan fingerprint density at radius 3 is 2.16 bits per heavy atom. The molecule has 0 aliphatic heterocycles. The highest BCUT2D eigenvalue weighted by atomic mass is 32.1. The SMILES string of the molecule is COc1cc(-c2csc(=Nc3ccc(F)cc3)n2N=C2CCCC2)cc(OC)c1OC. The minimum Gasteiger partial charge on any atom is -0.493 e. The largest absolute Gasteiger partial charge is 0.493 e. The van der Waals surface area contributed by atoms with Gasteiger partial charge in [0.15, 0.2) is 11.5 Å². The minimum atomic E-state index is -0.290. The Kier molecular flexibility index (Phi) is 6.36. The molecule has 0 radical (unpaired) electrons. The molecule has 6 nitrogen and oxygen atoms in total. The molecule has 3 aromatic rings. The molecule has 8 heteroatoms. The molecule has 1 fully saturated rings. The first kappa shape index (κ1) is 21.1. The van der Waals surface area contributed by atoms with Crippen LogP contribution in [0, 0.1) is 5.82 Å². The maximum absolute atomic E-state index is 13.3. The van der Waals surface area contributed by atoms with Crippen molar-refractivity contribution in [2.75, 3.05) is 21.3 Å². The molecular weight excluding hydrogens is 417 g/mol. The van der Waals surface area contributed by atoms with Crippen LogP contribution in [0.4, 0.5) is 10.1 Å². The molecule has 0 amide bonds. The quantitative estimate of drug-likeness (QED) is 0.515. The van der Waals surface area contributed by atoms with Gasteiger partial charge in [-0.2, -0.15) is 5.10 Å². The van der Waals surface area contributed by atoms with Crippen LogP contribution in [0.2, 0.25) is 0 Å². The summed E-state index contributed by atoms with van der Waals surface area (Å²) < 4.78 is 31.7. The van der Waals surface area contributed by atoms with Crippen LogP contribution < -0.4 is 19.0 Å². The van der Waals surface area contributed by atoms with E-state index in [1.807, 2.05) is 22.2 Å². The van der Waals surface area contributed by atoms with Gasteiger partial charge in [0.25, 0.3) is 0 Å². The van der Waals surface area contributed by atoms with Crippen LogP contribution in [0.25, 0.3) is 11.3 Å². The molecule has 4 rings (SSSR count). The molecule has 0 N–H and O–H groups in total. The second-order valence-electron chi connectivity index (χ2n) is 7.09. The second kappa shape index (κ2) is 9.34. The lowest BCUT2D eigenvalue weighted by atomic mass is 10.1. The van der Waals surface area contributed by atoms with Crippen LogP contribution in [0.15, 0.2) is 51.9 Å². The fraction of sp³-hybridized carbons (Fsp3) is 0.304. The van der Waals surface area contributed by atoms with Crippen molar-refractivity contribution in [3.63, 3.8) is 0 Å². The average Bonchev–Trinajstić information content (AvgIpc) is 3.45. The van der Waals surface area contributed by atoms with E-state index >= 15 is 0 Å². The zero-order chi connectivity index (χ0) is 21.8. The maximum Gasteiger partial charge on any atom is 0.211 e. The van der Waals surface area contributed by atoms with Crippen LogP contribution in [-0.2, 0) is 0 Å². The molecule has 1 aromatic heterocycles. The van der Waals surface area contributed by atoms with Gasteiger partial charge in [-0.1, -0.05) is 0 Å². The molecule has 162 valence electrons. The zero-order valence-electron chi connectivity index (χ0n) is 17.7. The fourth-order valence-electron chi connectivity index (χ4n) is 3.55. The number of rotatable bonds is 6. The van der Waals surface area contributed by atoms with Crippen LogP contribution in [0.1, 0.15) is 25.7 Å². The van der Waals surface area contributed by atoms with Gasteiger partial charge in [0.1, 0.15) is 5.82 Å². The molecule has 0 saturated heterocycles. The average molecular weight is 442 g/mol. The number of aromatic nitrogens is 1. The van der Waals surface area contributed by atoms with Gasteiger partial charge < -0.3 is 14.2 Å². The number of nitrogens with zero attached hydrogens (tertiary/aromatic N) is 3. The fourth-order valence-corrected chi connectivity index (χ4v) is 4.40. The molecule has 0 unspecified atom stereocenters. The normalized spacial score (nSPS) is 14.1. The monoisotopic (exact) mass is 441 g/mol. The summed E-state index contributed by atoms with van der Waals surface area (Å²) in [6, 6.07) is 9.91. The van der Waals surface area contributed by atoms with Gasteiger partial charge in [-0.25, -0.2) is 14.1 Å². The number of halogens is 1. The molecule has 1 heterocycles. The van der Waals surface area contributed by atoms with Gasteiger partial charge >= 0.3 is 0 Å². The maximum atomic E-state index is 13.3. The van der Waals surface area contributed by atoms with Crippen molar-refractivity contribution in [2.45, 2.75) is 25.7 Å². The van der Waals surface area contributed by atoms with Crippen molar-refractivity contribution in [3.8, 4) is 28.5 Å². The van der Waals surface area contributed by atoms with Crippen LogP contribution in [0.3, 0.4) is 0 Å². The molecule has 0 bridgehead atoms. The first-order valence-electron chi connectivity index (χ1n) is 10.0. The zero-order valence-corrected chi connectivity index (χ0v) is 18.5. The number of thiazole rings is 1. The van der Waals surface area contributed by atoms with Gasteiger partial charge in [-0.05, 0) is 62.1 Å². The molecule has 31 heavy (non-hydrogen) atoms. The van der Waals surface area contributed by atoms with Crippen molar-refractivity contribution in [1.29, 1.82) is 0 Å². The van der Waals surface area contributed by atoms with Crippen molar-refractivity contribution >= 4 is 22.7 Å². The third-order valence-corrected chi connectivity index (χ3v) is 5.94. The lowest BCUT2D eigenvalue weighted by molar-refractivity contribution is 0.324. The van der Waals surface area contributed by atoms with E-state index in [9.17, 15) is 4.39 Å². The summed E-state index contributed by atoms with van der Waals surface area (Å²) in [4.78, 5) is 5.41. The van der Waals surface area contributed by atoms with Crippen LogP contribution in [0.5, 0.6) is 17.2 Å². The Balaban J connectivity index is 1.90. The number of benzene rings is 2. The lowest BCUT2D eigenvalue weighted by Crippen LogP contribution is -2.13. The van der Waals surface area contributed by atoms with Gasteiger partial charge in [0.2, 0.25) is 10.6 Å². The highest BCUT2D eigenvalue weighted by molar-refractivity contribution is 7.07. The lowest BCUT2D eigenvalue weighted by Gasteiger charge is -2.14. The Morgan fingerprint density at radius 2 is 1.58 bits per heavy atom. The predicted octanol–water partition coefficient (Wildman–Crippen LogP) is 5.39. The van der Waals surface area contributed by atoms with Crippen LogP contribution in [-0.4, -0.2) is 31.7 Å².